The summed E-state index contributed by atoms with van der Waals surface area (Å²) in [6.07, 6.45) is 4.64. The van der Waals surface area contributed by atoms with E-state index in [4.69, 9.17) is 4.74 Å². The van der Waals surface area contributed by atoms with Crippen molar-refractivity contribution in [3.63, 3.8) is 0 Å². The Morgan fingerprint density at radius 3 is 3.08 bits per heavy atom. The maximum atomic E-state index is 10.8. The van der Waals surface area contributed by atoms with Crippen LogP contribution in [0.25, 0.3) is 6.08 Å². The molecule has 13 heavy (non-hydrogen) atoms. The summed E-state index contributed by atoms with van der Waals surface area (Å²) in [5.41, 5.74) is 1.65. The Morgan fingerprint density at radius 2 is 2.23 bits per heavy atom. The number of carbonyl (C=O) groups excluding carboxylic acids is 1. The van der Waals surface area contributed by atoms with Crippen LogP contribution >= 0.6 is 0 Å². The number of epoxide rings is 1. The van der Waals surface area contributed by atoms with Crippen LogP contribution in [-0.4, -0.2) is 11.9 Å². The van der Waals surface area contributed by atoms with Gasteiger partial charge in [0.2, 0.25) is 0 Å². The summed E-state index contributed by atoms with van der Waals surface area (Å²) in [5.74, 6) is 0. The van der Waals surface area contributed by atoms with Gasteiger partial charge in [-0.25, -0.2) is 0 Å². The molecule has 1 aliphatic carbocycles. The zero-order valence-electron chi connectivity index (χ0n) is 6.94. The van der Waals surface area contributed by atoms with Crippen LogP contribution in [0.3, 0.4) is 0 Å². The zero-order chi connectivity index (χ0) is 8.89. The summed E-state index contributed by atoms with van der Waals surface area (Å²) in [4.78, 5) is 10.8. The van der Waals surface area contributed by atoms with E-state index in [9.17, 15) is 4.79 Å². The van der Waals surface area contributed by atoms with Crippen LogP contribution in [0.15, 0.2) is 30.3 Å². The van der Waals surface area contributed by atoms with E-state index < -0.39 is 5.60 Å². The van der Waals surface area contributed by atoms with Gasteiger partial charge in [0.05, 0.1) is 0 Å². The summed E-state index contributed by atoms with van der Waals surface area (Å²) in [7, 11) is 0. The lowest BCUT2D eigenvalue weighted by Gasteiger charge is -2.08. The Balaban J connectivity index is 2.17. The first-order chi connectivity index (χ1) is 6.36. The van der Waals surface area contributed by atoms with Crippen LogP contribution in [0, 0.1) is 0 Å². The SMILES string of the molecule is O=CC12C=Cc3ccccc3C1O2. The topological polar surface area (TPSA) is 29.6 Å². The van der Waals surface area contributed by atoms with Gasteiger partial charge in [-0.2, -0.15) is 0 Å². The van der Waals surface area contributed by atoms with Crippen molar-refractivity contribution >= 4 is 12.4 Å². The molecule has 0 amide bonds. The molecule has 2 heteroatoms. The molecule has 1 fully saturated rings. The zero-order valence-corrected chi connectivity index (χ0v) is 6.94. The van der Waals surface area contributed by atoms with E-state index in [2.05, 4.69) is 0 Å². The maximum absolute atomic E-state index is 10.8. The average molecular weight is 172 g/mol. The molecular formula is C11H8O2. The van der Waals surface area contributed by atoms with Crippen molar-refractivity contribution in [2.24, 2.45) is 0 Å². The normalized spacial score (nSPS) is 33.4. The second kappa shape index (κ2) is 2.09. The molecule has 1 saturated heterocycles. The molecule has 0 radical (unpaired) electrons. The lowest BCUT2D eigenvalue weighted by atomic mass is 9.91. The second-order valence-corrected chi connectivity index (χ2v) is 3.43. The van der Waals surface area contributed by atoms with Crippen LogP contribution in [0.4, 0.5) is 0 Å². The molecule has 2 atom stereocenters. The summed E-state index contributed by atoms with van der Waals surface area (Å²) in [6.45, 7) is 0. The fourth-order valence-electron chi connectivity index (χ4n) is 1.85. The molecule has 0 spiro atoms. The predicted molar refractivity (Wildman–Crippen MR) is 48.1 cm³/mol. The van der Waals surface area contributed by atoms with E-state index in [1.54, 1.807) is 0 Å². The first kappa shape index (κ1) is 7.04. The number of carbonyl (C=O) groups is 1. The fraction of sp³-hybridized carbons (Fsp3) is 0.182. The minimum Gasteiger partial charge on any atom is -0.348 e. The van der Waals surface area contributed by atoms with E-state index in [1.165, 1.54) is 0 Å². The standard InChI is InChI=1S/C11H8O2/c12-7-11-6-5-8-3-1-2-4-9(8)10(11)13-11/h1-7,10H. The van der Waals surface area contributed by atoms with Crippen molar-refractivity contribution in [1.82, 2.24) is 0 Å². The van der Waals surface area contributed by atoms with Crippen molar-refractivity contribution < 1.29 is 9.53 Å². The smallest absolute Gasteiger partial charge is 0.173 e. The highest BCUT2D eigenvalue weighted by Gasteiger charge is 2.57. The van der Waals surface area contributed by atoms with Crippen molar-refractivity contribution in [2.45, 2.75) is 11.7 Å². The monoisotopic (exact) mass is 172 g/mol. The van der Waals surface area contributed by atoms with Crippen LogP contribution in [0.2, 0.25) is 0 Å². The Morgan fingerprint density at radius 1 is 1.38 bits per heavy atom. The molecule has 3 rings (SSSR count). The van der Waals surface area contributed by atoms with Gasteiger partial charge in [-0.3, -0.25) is 4.79 Å². The number of aldehydes is 1. The van der Waals surface area contributed by atoms with Gasteiger partial charge in [-0.15, -0.1) is 0 Å². The third-order valence-electron chi connectivity index (χ3n) is 2.66. The third kappa shape index (κ3) is 0.783. The van der Waals surface area contributed by atoms with Gasteiger partial charge in [0.15, 0.2) is 11.9 Å². The van der Waals surface area contributed by atoms with Crippen LogP contribution in [-0.2, 0) is 9.53 Å². The van der Waals surface area contributed by atoms with E-state index in [-0.39, 0.29) is 6.10 Å². The van der Waals surface area contributed by atoms with Gasteiger partial charge in [-0.1, -0.05) is 30.3 Å². The Kier molecular flexibility index (Phi) is 1.13. The fourth-order valence-corrected chi connectivity index (χ4v) is 1.85. The molecule has 0 aromatic heterocycles. The highest BCUT2D eigenvalue weighted by atomic mass is 16.6. The molecule has 2 nitrogen and oxygen atoms in total. The first-order valence-electron chi connectivity index (χ1n) is 4.28. The molecule has 2 aliphatic rings. The quantitative estimate of drug-likeness (QED) is 0.477. The minimum atomic E-state index is -0.631. The largest absolute Gasteiger partial charge is 0.348 e. The third-order valence-corrected chi connectivity index (χ3v) is 2.66. The van der Waals surface area contributed by atoms with Crippen molar-refractivity contribution in [3.8, 4) is 0 Å². The maximum Gasteiger partial charge on any atom is 0.173 e. The van der Waals surface area contributed by atoms with Gasteiger partial charge >= 0.3 is 0 Å². The molecule has 0 saturated carbocycles. The molecule has 64 valence electrons. The molecule has 1 aromatic rings. The van der Waals surface area contributed by atoms with Gasteiger partial charge in [0.25, 0.3) is 0 Å². The number of fused-ring (bicyclic) bond motifs is 3. The number of rotatable bonds is 1. The van der Waals surface area contributed by atoms with E-state index in [0.717, 1.165) is 17.4 Å². The lowest BCUT2D eigenvalue weighted by molar-refractivity contribution is -0.110. The first-order valence-corrected chi connectivity index (χ1v) is 4.28. The average Bonchev–Trinajstić information content (AvgIpc) is 2.93. The molecular weight excluding hydrogens is 164 g/mol. The van der Waals surface area contributed by atoms with Crippen molar-refractivity contribution in [3.05, 3.63) is 41.5 Å². The number of hydrogen-bond acceptors (Lipinski definition) is 2. The van der Waals surface area contributed by atoms with Crippen molar-refractivity contribution in [1.29, 1.82) is 0 Å². The Hall–Kier alpha value is -1.41. The summed E-state index contributed by atoms with van der Waals surface area (Å²) in [6, 6.07) is 7.99. The molecule has 2 unspecified atom stereocenters. The van der Waals surface area contributed by atoms with Gasteiger partial charge in [-0.05, 0) is 17.2 Å². The Labute approximate surface area is 75.8 Å². The highest BCUT2D eigenvalue weighted by Crippen LogP contribution is 2.53. The molecule has 1 aromatic carbocycles. The van der Waals surface area contributed by atoms with Gasteiger partial charge < -0.3 is 4.74 Å². The van der Waals surface area contributed by atoms with Gasteiger partial charge in [0, 0.05) is 0 Å². The number of ether oxygens (including phenoxy) is 1. The van der Waals surface area contributed by atoms with Gasteiger partial charge in [0.1, 0.15) is 6.10 Å². The minimum absolute atomic E-state index is 0.0359. The number of hydrogen-bond donors (Lipinski definition) is 0. The molecule has 1 aliphatic heterocycles. The summed E-state index contributed by atoms with van der Waals surface area (Å²) < 4.78 is 5.39. The Bertz CT molecular complexity index is 408. The second-order valence-electron chi connectivity index (χ2n) is 3.43. The van der Waals surface area contributed by atoms with E-state index >= 15 is 0 Å². The lowest BCUT2D eigenvalue weighted by Crippen LogP contribution is -2.12. The van der Waals surface area contributed by atoms with Crippen LogP contribution in [0.5, 0.6) is 0 Å². The van der Waals surface area contributed by atoms with E-state index in [0.29, 0.717) is 0 Å². The van der Waals surface area contributed by atoms with E-state index in [1.807, 2.05) is 36.4 Å². The molecule has 1 heterocycles. The predicted octanol–water partition coefficient (Wildman–Crippen LogP) is 1.72. The molecule has 0 N–H and O–H groups in total. The summed E-state index contributed by atoms with van der Waals surface area (Å²) >= 11 is 0. The molecule has 0 bridgehead atoms. The van der Waals surface area contributed by atoms with Crippen LogP contribution < -0.4 is 0 Å². The highest BCUT2D eigenvalue weighted by molar-refractivity contribution is 5.79. The summed E-state index contributed by atoms with van der Waals surface area (Å²) in [5, 5.41) is 0. The van der Waals surface area contributed by atoms with Crippen molar-refractivity contribution in [2.75, 3.05) is 0 Å². The van der Waals surface area contributed by atoms with Crippen LogP contribution in [0.1, 0.15) is 17.2 Å². The number of benzene rings is 1.